The van der Waals surface area contributed by atoms with Crippen molar-refractivity contribution >= 4 is 33.2 Å². The third kappa shape index (κ3) is 8.17. The highest BCUT2D eigenvalue weighted by Gasteiger charge is 2.32. The standard InChI is InChI=1S/C25H34N4O7S/c1-17-11-12-20(29(32)33)14-22(17)28(37(7,34)35)16-23(30)27(18(2)24(31)26-25(3,4)5)15-19-9-8-10-21(13-19)36-6/h8-14,18H,15-16H2,1-7H3,(H,26,31). The number of hydrogen-bond donors (Lipinski definition) is 1. The number of non-ortho nitro benzene ring substituents is 1. The van der Waals surface area contributed by atoms with Gasteiger partial charge in [-0.15, -0.1) is 0 Å². The predicted octanol–water partition coefficient (Wildman–Crippen LogP) is 3.01. The number of carbonyl (C=O) groups is 2. The summed E-state index contributed by atoms with van der Waals surface area (Å²) < 4.78 is 31.6. The minimum atomic E-state index is -4.03. The number of aryl methyl sites for hydroxylation is 1. The first-order chi connectivity index (χ1) is 17.0. The van der Waals surface area contributed by atoms with Crippen molar-refractivity contribution in [1.82, 2.24) is 10.2 Å². The summed E-state index contributed by atoms with van der Waals surface area (Å²) in [4.78, 5) is 38.6. The SMILES string of the molecule is COc1cccc(CN(C(=O)CN(c2cc([N+](=O)[O-])ccc2C)S(C)(=O)=O)C(C)C(=O)NC(C)(C)C)c1. The third-order valence-electron chi connectivity index (χ3n) is 5.50. The fourth-order valence-corrected chi connectivity index (χ4v) is 4.50. The molecule has 0 fully saturated rings. The summed E-state index contributed by atoms with van der Waals surface area (Å²) in [5.41, 5.74) is 0.239. The highest BCUT2D eigenvalue weighted by molar-refractivity contribution is 7.92. The maximum absolute atomic E-state index is 13.6. The van der Waals surface area contributed by atoms with E-state index in [1.54, 1.807) is 38.1 Å². The molecule has 0 bridgehead atoms. The number of nitro groups is 1. The lowest BCUT2D eigenvalue weighted by molar-refractivity contribution is -0.384. The largest absolute Gasteiger partial charge is 0.497 e. The van der Waals surface area contributed by atoms with Gasteiger partial charge in [0.15, 0.2) is 0 Å². The zero-order chi connectivity index (χ0) is 28.1. The average molecular weight is 535 g/mol. The second-order valence-electron chi connectivity index (χ2n) is 9.79. The molecule has 0 aliphatic rings. The molecule has 1 atom stereocenters. The summed E-state index contributed by atoms with van der Waals surface area (Å²) in [6.07, 6.45) is 0.917. The normalized spacial score (nSPS) is 12.4. The van der Waals surface area contributed by atoms with Crippen LogP contribution in [-0.4, -0.2) is 61.5 Å². The minimum Gasteiger partial charge on any atom is -0.497 e. The molecule has 0 aromatic heterocycles. The molecule has 1 unspecified atom stereocenters. The molecule has 12 heteroatoms. The molecule has 1 N–H and O–H groups in total. The van der Waals surface area contributed by atoms with Crippen molar-refractivity contribution in [2.75, 3.05) is 24.2 Å². The number of carbonyl (C=O) groups excluding carboxylic acids is 2. The van der Waals surface area contributed by atoms with E-state index in [-0.39, 0.29) is 17.9 Å². The topological polar surface area (TPSA) is 139 Å². The number of benzene rings is 2. The zero-order valence-electron chi connectivity index (χ0n) is 22.1. The number of hydrogen-bond acceptors (Lipinski definition) is 7. The van der Waals surface area contributed by atoms with E-state index in [1.165, 1.54) is 24.1 Å². The second-order valence-corrected chi connectivity index (χ2v) is 11.7. The van der Waals surface area contributed by atoms with Crippen LogP contribution in [0.3, 0.4) is 0 Å². The summed E-state index contributed by atoms with van der Waals surface area (Å²) >= 11 is 0. The molecule has 0 spiro atoms. The van der Waals surface area contributed by atoms with Crippen LogP contribution < -0.4 is 14.4 Å². The van der Waals surface area contributed by atoms with E-state index < -0.39 is 44.9 Å². The molecule has 0 aliphatic heterocycles. The quantitative estimate of drug-likeness (QED) is 0.365. The molecule has 2 aromatic carbocycles. The summed E-state index contributed by atoms with van der Waals surface area (Å²) in [7, 11) is -2.52. The maximum atomic E-state index is 13.6. The van der Waals surface area contributed by atoms with Crippen LogP contribution in [0.4, 0.5) is 11.4 Å². The molecule has 202 valence electrons. The van der Waals surface area contributed by atoms with Gasteiger partial charge in [0, 0.05) is 24.2 Å². The van der Waals surface area contributed by atoms with Gasteiger partial charge in [-0.2, -0.15) is 0 Å². The highest BCUT2D eigenvalue weighted by atomic mass is 32.2. The van der Waals surface area contributed by atoms with E-state index in [4.69, 9.17) is 4.74 Å². The summed E-state index contributed by atoms with van der Waals surface area (Å²) in [6.45, 7) is 7.92. The number of nitro benzene ring substituents is 1. The molecular formula is C25H34N4O7S. The van der Waals surface area contributed by atoms with Crippen LogP contribution in [0, 0.1) is 17.0 Å². The Bertz CT molecular complexity index is 1270. The minimum absolute atomic E-state index is 0.000282. The van der Waals surface area contributed by atoms with Crippen molar-refractivity contribution in [2.45, 2.75) is 52.7 Å². The lowest BCUT2D eigenvalue weighted by atomic mass is 10.1. The first-order valence-corrected chi connectivity index (χ1v) is 13.4. The van der Waals surface area contributed by atoms with Gasteiger partial charge < -0.3 is 15.0 Å². The highest BCUT2D eigenvalue weighted by Crippen LogP contribution is 2.28. The predicted molar refractivity (Wildman–Crippen MR) is 141 cm³/mol. The Morgan fingerprint density at radius 1 is 1.16 bits per heavy atom. The molecule has 0 heterocycles. The monoisotopic (exact) mass is 534 g/mol. The molecule has 2 amide bonds. The van der Waals surface area contributed by atoms with E-state index in [0.29, 0.717) is 16.9 Å². The molecule has 2 rings (SSSR count). The Kier molecular flexibility index (Phi) is 9.26. The van der Waals surface area contributed by atoms with Gasteiger partial charge in [0.05, 0.1) is 24.0 Å². The lowest BCUT2D eigenvalue weighted by Gasteiger charge is -2.33. The number of methoxy groups -OCH3 is 1. The van der Waals surface area contributed by atoms with Crippen molar-refractivity contribution < 1.29 is 27.7 Å². The fourth-order valence-electron chi connectivity index (χ4n) is 3.60. The van der Waals surface area contributed by atoms with E-state index in [1.807, 2.05) is 20.8 Å². The van der Waals surface area contributed by atoms with Crippen molar-refractivity contribution in [1.29, 1.82) is 0 Å². The molecule has 0 radical (unpaired) electrons. The average Bonchev–Trinajstić information content (AvgIpc) is 2.79. The van der Waals surface area contributed by atoms with Gasteiger partial charge in [-0.05, 0) is 57.9 Å². The Morgan fingerprint density at radius 2 is 1.81 bits per heavy atom. The smallest absolute Gasteiger partial charge is 0.271 e. The van der Waals surface area contributed by atoms with Crippen molar-refractivity contribution in [3.63, 3.8) is 0 Å². The first-order valence-electron chi connectivity index (χ1n) is 11.5. The lowest BCUT2D eigenvalue weighted by Crippen LogP contribution is -2.54. The zero-order valence-corrected chi connectivity index (χ0v) is 23.0. The number of ether oxygens (including phenoxy) is 1. The van der Waals surface area contributed by atoms with E-state index in [2.05, 4.69) is 5.32 Å². The number of rotatable bonds is 10. The second kappa shape index (κ2) is 11.6. The van der Waals surface area contributed by atoms with Crippen molar-refractivity contribution in [3.8, 4) is 5.75 Å². The molecule has 0 saturated carbocycles. The Labute approximate surface area is 217 Å². The number of nitrogens with zero attached hydrogens (tertiary/aromatic N) is 3. The van der Waals surface area contributed by atoms with Gasteiger partial charge in [0.2, 0.25) is 21.8 Å². The van der Waals surface area contributed by atoms with Crippen LogP contribution in [0.15, 0.2) is 42.5 Å². The summed E-state index contributed by atoms with van der Waals surface area (Å²) in [5, 5.41) is 14.2. The molecule has 11 nitrogen and oxygen atoms in total. The fraction of sp³-hybridized carbons (Fsp3) is 0.440. The number of anilines is 1. The van der Waals surface area contributed by atoms with Crippen LogP contribution in [-0.2, 0) is 26.2 Å². The Hall–Kier alpha value is -3.67. The van der Waals surface area contributed by atoms with Gasteiger partial charge in [0.25, 0.3) is 5.69 Å². The summed E-state index contributed by atoms with van der Waals surface area (Å²) in [6, 6.07) is 9.80. The van der Waals surface area contributed by atoms with Gasteiger partial charge in [-0.3, -0.25) is 24.0 Å². The van der Waals surface area contributed by atoms with E-state index in [9.17, 15) is 28.1 Å². The number of nitrogens with one attached hydrogen (secondary N) is 1. The number of amides is 2. The Balaban J connectivity index is 2.51. The van der Waals surface area contributed by atoms with Gasteiger partial charge >= 0.3 is 0 Å². The van der Waals surface area contributed by atoms with Gasteiger partial charge in [0.1, 0.15) is 18.3 Å². The Morgan fingerprint density at radius 3 is 2.35 bits per heavy atom. The van der Waals surface area contributed by atoms with Crippen LogP contribution >= 0.6 is 0 Å². The molecular weight excluding hydrogens is 500 g/mol. The first kappa shape index (κ1) is 29.6. The maximum Gasteiger partial charge on any atom is 0.271 e. The van der Waals surface area contributed by atoms with Gasteiger partial charge in [-0.25, -0.2) is 8.42 Å². The van der Waals surface area contributed by atoms with Crippen LogP contribution in [0.2, 0.25) is 0 Å². The number of sulfonamides is 1. The van der Waals surface area contributed by atoms with Crippen LogP contribution in [0.5, 0.6) is 5.75 Å². The molecule has 37 heavy (non-hydrogen) atoms. The van der Waals surface area contributed by atoms with E-state index in [0.717, 1.165) is 16.6 Å². The molecule has 0 aliphatic carbocycles. The molecule has 2 aromatic rings. The summed E-state index contributed by atoms with van der Waals surface area (Å²) in [5.74, 6) is -0.515. The van der Waals surface area contributed by atoms with Gasteiger partial charge in [-0.1, -0.05) is 18.2 Å². The van der Waals surface area contributed by atoms with Crippen LogP contribution in [0.25, 0.3) is 0 Å². The van der Waals surface area contributed by atoms with Crippen molar-refractivity contribution in [2.24, 2.45) is 0 Å². The third-order valence-corrected chi connectivity index (χ3v) is 6.63. The van der Waals surface area contributed by atoms with Crippen molar-refractivity contribution in [3.05, 3.63) is 63.7 Å². The molecule has 0 saturated heterocycles. The van der Waals surface area contributed by atoms with E-state index >= 15 is 0 Å². The van der Waals surface area contributed by atoms with Crippen LogP contribution in [0.1, 0.15) is 38.8 Å².